The Balaban J connectivity index is 3.03. The third-order valence-electron chi connectivity index (χ3n) is 5.79. The molecule has 0 spiro atoms. The molecular formula is C24H50ClO4P. The second-order valence-corrected chi connectivity index (χ2v) is 10.4. The topological polar surface area (TPSA) is 66.8 Å². The highest BCUT2D eigenvalue weighted by atomic mass is 35.5. The Morgan fingerprint density at radius 2 is 0.700 bits per heavy atom. The Morgan fingerprint density at radius 1 is 0.467 bits per heavy atom. The number of rotatable bonds is 25. The van der Waals surface area contributed by atoms with Gasteiger partial charge in [-0.2, -0.15) is 0 Å². The van der Waals surface area contributed by atoms with Gasteiger partial charge in [-0.15, -0.1) is 11.6 Å². The van der Waals surface area contributed by atoms with E-state index >= 15 is 0 Å². The molecule has 0 saturated heterocycles. The zero-order valence-corrected chi connectivity index (χ0v) is 21.2. The molecule has 0 saturated carbocycles. The summed E-state index contributed by atoms with van der Waals surface area (Å²) < 4.78 is 15.0. The van der Waals surface area contributed by atoms with E-state index in [0.717, 1.165) is 25.1 Å². The summed E-state index contributed by atoms with van der Waals surface area (Å²) in [5.41, 5.74) is 0. The van der Waals surface area contributed by atoms with Crippen LogP contribution in [0.25, 0.3) is 0 Å². The molecule has 2 N–H and O–H groups in total. The number of phosphoric ester groups is 1. The van der Waals surface area contributed by atoms with Crippen molar-refractivity contribution in [3.63, 3.8) is 0 Å². The second-order valence-electron chi connectivity index (χ2n) is 8.79. The number of hydrogen-bond acceptors (Lipinski definition) is 2. The third kappa shape index (κ3) is 28.4. The molecule has 0 aromatic rings. The molecule has 0 aromatic heterocycles. The number of halogens is 1. The smallest absolute Gasteiger partial charge is 0.303 e. The lowest BCUT2D eigenvalue weighted by Gasteiger charge is -2.05. The highest BCUT2D eigenvalue weighted by Gasteiger charge is 2.12. The molecule has 0 unspecified atom stereocenters. The summed E-state index contributed by atoms with van der Waals surface area (Å²) in [5.74, 6) is 0.825. The monoisotopic (exact) mass is 468 g/mol. The van der Waals surface area contributed by atoms with Crippen LogP contribution in [0.2, 0.25) is 0 Å². The van der Waals surface area contributed by atoms with E-state index in [4.69, 9.17) is 21.4 Å². The molecule has 0 rings (SSSR count). The summed E-state index contributed by atoms with van der Waals surface area (Å²) in [6.45, 7) is 0.167. The van der Waals surface area contributed by atoms with Crippen molar-refractivity contribution in [2.24, 2.45) is 0 Å². The third-order valence-corrected chi connectivity index (χ3v) is 6.57. The number of hydrogen-bond donors (Lipinski definition) is 2. The molecule has 6 heteroatoms. The van der Waals surface area contributed by atoms with Gasteiger partial charge in [0.15, 0.2) is 0 Å². The van der Waals surface area contributed by atoms with Gasteiger partial charge in [0.2, 0.25) is 0 Å². The first-order chi connectivity index (χ1) is 14.6. The molecule has 0 aliphatic heterocycles. The minimum atomic E-state index is -4.27. The molecule has 0 fully saturated rings. The number of unbranched alkanes of at least 4 members (excludes halogenated alkanes) is 21. The van der Waals surface area contributed by atoms with Crippen molar-refractivity contribution >= 4 is 19.4 Å². The molecule has 0 aliphatic rings. The molecular weight excluding hydrogens is 419 g/mol. The highest BCUT2D eigenvalue weighted by Crippen LogP contribution is 2.35. The average Bonchev–Trinajstić information content (AvgIpc) is 2.70. The number of alkyl halides is 1. The molecule has 0 atom stereocenters. The molecule has 4 nitrogen and oxygen atoms in total. The lowest BCUT2D eigenvalue weighted by atomic mass is 10.0. The first kappa shape index (κ1) is 30.4. The van der Waals surface area contributed by atoms with E-state index in [1.807, 2.05) is 0 Å². The molecule has 0 radical (unpaired) electrons. The van der Waals surface area contributed by atoms with Crippen molar-refractivity contribution in [1.82, 2.24) is 0 Å². The van der Waals surface area contributed by atoms with Crippen molar-refractivity contribution in [3.05, 3.63) is 0 Å². The van der Waals surface area contributed by atoms with Gasteiger partial charge >= 0.3 is 7.82 Å². The average molecular weight is 469 g/mol. The lowest BCUT2D eigenvalue weighted by Crippen LogP contribution is -1.92. The van der Waals surface area contributed by atoms with Crippen molar-refractivity contribution in [2.45, 2.75) is 141 Å². The van der Waals surface area contributed by atoms with Gasteiger partial charge in [-0.1, -0.05) is 128 Å². The second kappa shape index (κ2) is 24.1. The van der Waals surface area contributed by atoms with Crippen LogP contribution in [0.3, 0.4) is 0 Å². The van der Waals surface area contributed by atoms with Crippen LogP contribution < -0.4 is 0 Å². The van der Waals surface area contributed by atoms with Gasteiger partial charge in [0, 0.05) is 5.88 Å². The predicted molar refractivity (Wildman–Crippen MR) is 130 cm³/mol. The van der Waals surface area contributed by atoms with Crippen LogP contribution in [0.1, 0.15) is 141 Å². The van der Waals surface area contributed by atoms with E-state index in [1.54, 1.807) is 0 Å². The largest absolute Gasteiger partial charge is 0.469 e. The van der Waals surface area contributed by atoms with Gasteiger partial charge in [-0.05, 0) is 12.8 Å². The fourth-order valence-corrected chi connectivity index (χ4v) is 4.47. The summed E-state index contributed by atoms with van der Waals surface area (Å²) in [6, 6.07) is 0. The Labute approximate surface area is 192 Å². The fraction of sp³-hybridized carbons (Fsp3) is 1.00. The van der Waals surface area contributed by atoms with E-state index in [0.29, 0.717) is 0 Å². The summed E-state index contributed by atoms with van der Waals surface area (Å²) in [6.07, 6.45) is 28.9. The van der Waals surface area contributed by atoms with Crippen LogP contribution in [-0.4, -0.2) is 22.3 Å². The van der Waals surface area contributed by atoms with E-state index in [-0.39, 0.29) is 6.61 Å². The fourth-order valence-electron chi connectivity index (χ4n) is 3.92. The highest BCUT2D eigenvalue weighted by molar-refractivity contribution is 7.46. The van der Waals surface area contributed by atoms with Gasteiger partial charge in [0.25, 0.3) is 0 Å². The summed E-state index contributed by atoms with van der Waals surface area (Å²) in [4.78, 5) is 17.2. The zero-order valence-electron chi connectivity index (χ0n) is 19.5. The first-order valence-corrected chi connectivity index (χ1v) is 14.9. The Kier molecular flexibility index (Phi) is 24.4. The van der Waals surface area contributed by atoms with Gasteiger partial charge in [-0.3, -0.25) is 4.52 Å². The SMILES string of the molecule is O=P(O)(O)OCCCCCCCCCCCCCCCCCCCCCCCCCl. The first-order valence-electron chi connectivity index (χ1n) is 12.8. The summed E-state index contributed by atoms with van der Waals surface area (Å²) in [5, 5.41) is 0. The van der Waals surface area contributed by atoms with Crippen molar-refractivity contribution in [2.75, 3.05) is 12.5 Å². The Morgan fingerprint density at radius 3 is 0.933 bits per heavy atom. The quantitative estimate of drug-likeness (QED) is 0.0796. The normalized spacial score (nSPS) is 12.0. The van der Waals surface area contributed by atoms with Gasteiger partial charge in [0.05, 0.1) is 6.61 Å². The summed E-state index contributed by atoms with van der Waals surface area (Å²) in [7, 11) is -4.27. The van der Waals surface area contributed by atoms with Gasteiger partial charge in [-0.25, -0.2) is 4.57 Å². The molecule has 0 aromatic carbocycles. The maximum Gasteiger partial charge on any atom is 0.469 e. The molecule has 0 heterocycles. The van der Waals surface area contributed by atoms with E-state index in [1.165, 1.54) is 122 Å². The minimum Gasteiger partial charge on any atom is -0.303 e. The van der Waals surface area contributed by atoms with Crippen molar-refractivity contribution in [3.8, 4) is 0 Å². The van der Waals surface area contributed by atoms with Crippen LogP contribution in [0, 0.1) is 0 Å². The van der Waals surface area contributed by atoms with Crippen LogP contribution in [0.15, 0.2) is 0 Å². The van der Waals surface area contributed by atoms with Crippen molar-refractivity contribution in [1.29, 1.82) is 0 Å². The zero-order chi connectivity index (χ0) is 22.2. The van der Waals surface area contributed by atoms with Crippen LogP contribution in [0.5, 0.6) is 0 Å². The molecule has 182 valence electrons. The lowest BCUT2D eigenvalue weighted by molar-refractivity contribution is 0.193. The Bertz CT molecular complexity index is 376. The molecule has 0 aliphatic carbocycles. The minimum absolute atomic E-state index is 0.167. The molecule has 0 amide bonds. The van der Waals surface area contributed by atoms with Gasteiger partial charge in [0.1, 0.15) is 0 Å². The maximum absolute atomic E-state index is 10.5. The standard InChI is InChI=1S/C24H50ClO4P/c25-23-21-19-17-15-13-11-9-7-5-3-1-2-4-6-8-10-12-14-16-18-20-22-24-29-30(26,27)28/h1-24H2,(H2,26,27,28). The van der Waals surface area contributed by atoms with E-state index in [9.17, 15) is 4.57 Å². The maximum atomic E-state index is 10.5. The van der Waals surface area contributed by atoms with Gasteiger partial charge < -0.3 is 9.79 Å². The molecule has 30 heavy (non-hydrogen) atoms. The van der Waals surface area contributed by atoms with Crippen LogP contribution in [-0.2, 0) is 9.09 Å². The number of phosphoric acid groups is 1. The van der Waals surface area contributed by atoms with E-state index < -0.39 is 7.82 Å². The predicted octanol–water partition coefficient (Wildman–Crippen LogP) is 8.92. The van der Waals surface area contributed by atoms with Crippen LogP contribution >= 0.6 is 19.4 Å². The van der Waals surface area contributed by atoms with Crippen LogP contribution in [0.4, 0.5) is 0 Å². The Hall–Kier alpha value is 0.400. The van der Waals surface area contributed by atoms with Crippen molar-refractivity contribution < 1.29 is 18.9 Å². The summed E-state index contributed by atoms with van der Waals surface area (Å²) >= 11 is 5.69. The van der Waals surface area contributed by atoms with E-state index in [2.05, 4.69) is 4.52 Å². The molecule has 0 bridgehead atoms.